The zero-order valence-electron chi connectivity index (χ0n) is 20.2. The molecule has 0 N–H and O–H groups in total. The number of rotatable bonds is 11. The quantitative estimate of drug-likeness (QED) is 0.355. The number of hydrogen-bond acceptors (Lipinski definition) is 7. The van der Waals surface area contributed by atoms with Gasteiger partial charge in [0.1, 0.15) is 18.2 Å². The number of nitrogens with zero attached hydrogens (tertiary/aromatic N) is 3. The molecule has 34 heavy (non-hydrogen) atoms. The SMILES string of the molecule is C.COC(=O)C1=C(CCN(C)C)N(C)C(CCN(C)C)=C(COC=O)C1c1cc(F)cc(F)c1. The Kier molecular flexibility index (Phi) is 11.4. The smallest absolute Gasteiger partial charge is 0.336 e. The van der Waals surface area contributed by atoms with Gasteiger partial charge in [-0.1, -0.05) is 7.43 Å². The summed E-state index contributed by atoms with van der Waals surface area (Å²) in [5.74, 6) is -2.93. The van der Waals surface area contributed by atoms with Gasteiger partial charge in [0, 0.05) is 56.4 Å². The monoisotopic (exact) mass is 481 g/mol. The Labute approximate surface area is 201 Å². The van der Waals surface area contributed by atoms with Crippen LogP contribution in [0.1, 0.15) is 31.7 Å². The molecule has 0 saturated heterocycles. The molecule has 0 bridgehead atoms. The van der Waals surface area contributed by atoms with E-state index in [1.807, 2.05) is 49.9 Å². The van der Waals surface area contributed by atoms with Gasteiger partial charge in [-0.15, -0.1) is 0 Å². The Hall–Kier alpha value is -2.78. The third-order valence-corrected chi connectivity index (χ3v) is 5.65. The van der Waals surface area contributed by atoms with Crippen molar-refractivity contribution in [3.05, 3.63) is 57.9 Å². The first-order valence-corrected chi connectivity index (χ1v) is 10.7. The van der Waals surface area contributed by atoms with Crippen LogP contribution in [-0.2, 0) is 19.1 Å². The summed E-state index contributed by atoms with van der Waals surface area (Å²) in [5, 5.41) is 0. The molecule has 0 fully saturated rings. The molecule has 0 saturated carbocycles. The average molecular weight is 482 g/mol. The van der Waals surface area contributed by atoms with Crippen LogP contribution in [0, 0.1) is 11.6 Å². The number of carbonyl (C=O) groups excluding carboxylic acids is 2. The van der Waals surface area contributed by atoms with Gasteiger partial charge in [0.2, 0.25) is 0 Å². The minimum absolute atomic E-state index is 0. The van der Waals surface area contributed by atoms with Gasteiger partial charge in [-0.05, 0) is 51.5 Å². The fourth-order valence-electron chi connectivity index (χ4n) is 4.10. The molecular formula is C25H37F2N3O4. The molecule has 0 aliphatic carbocycles. The van der Waals surface area contributed by atoms with Crippen molar-refractivity contribution in [2.75, 3.05) is 62.0 Å². The Bertz CT molecular complexity index is 908. The summed E-state index contributed by atoms with van der Waals surface area (Å²) in [6.45, 7) is 1.53. The molecule has 0 radical (unpaired) electrons. The molecule has 2 rings (SSSR count). The number of benzene rings is 1. The predicted octanol–water partition coefficient (Wildman–Crippen LogP) is 3.39. The van der Waals surface area contributed by atoms with Crippen LogP contribution >= 0.6 is 0 Å². The summed E-state index contributed by atoms with van der Waals surface area (Å²) in [6.07, 6.45) is 1.09. The average Bonchev–Trinajstić information content (AvgIpc) is 2.74. The van der Waals surface area contributed by atoms with Crippen molar-refractivity contribution in [1.29, 1.82) is 0 Å². The summed E-state index contributed by atoms with van der Waals surface area (Å²) in [5.41, 5.74) is 2.67. The van der Waals surface area contributed by atoms with Crippen LogP contribution in [0.5, 0.6) is 0 Å². The molecule has 0 spiro atoms. The van der Waals surface area contributed by atoms with Crippen LogP contribution in [-0.4, -0.2) is 89.2 Å². The van der Waals surface area contributed by atoms with E-state index < -0.39 is 23.5 Å². The van der Waals surface area contributed by atoms with E-state index in [1.165, 1.54) is 19.2 Å². The third kappa shape index (κ3) is 7.11. The summed E-state index contributed by atoms with van der Waals surface area (Å²) in [4.78, 5) is 30.1. The Balaban J connectivity index is 0.00000578. The maximum absolute atomic E-state index is 14.3. The van der Waals surface area contributed by atoms with Gasteiger partial charge in [-0.2, -0.15) is 0 Å². The zero-order valence-corrected chi connectivity index (χ0v) is 20.2. The molecular weight excluding hydrogens is 444 g/mol. The molecule has 1 aromatic rings. The van der Waals surface area contributed by atoms with E-state index in [1.54, 1.807) is 0 Å². The highest BCUT2D eigenvalue weighted by molar-refractivity contribution is 5.92. The van der Waals surface area contributed by atoms with Crippen molar-refractivity contribution in [1.82, 2.24) is 14.7 Å². The molecule has 1 atom stereocenters. The van der Waals surface area contributed by atoms with Crippen molar-refractivity contribution in [3.63, 3.8) is 0 Å². The van der Waals surface area contributed by atoms with Crippen molar-refractivity contribution in [2.45, 2.75) is 26.2 Å². The number of carbonyl (C=O) groups is 2. The fraction of sp³-hybridized carbons (Fsp3) is 0.520. The highest BCUT2D eigenvalue weighted by Gasteiger charge is 2.38. The van der Waals surface area contributed by atoms with Gasteiger partial charge in [0.05, 0.1) is 12.7 Å². The van der Waals surface area contributed by atoms with Crippen LogP contribution in [0.2, 0.25) is 0 Å². The van der Waals surface area contributed by atoms with E-state index in [0.717, 1.165) is 11.8 Å². The minimum atomic E-state index is -0.826. The molecule has 9 heteroatoms. The largest absolute Gasteiger partial charge is 0.466 e. The highest BCUT2D eigenvalue weighted by Crippen LogP contribution is 2.44. The first-order valence-electron chi connectivity index (χ1n) is 10.7. The topological polar surface area (TPSA) is 62.3 Å². The fourth-order valence-corrected chi connectivity index (χ4v) is 4.10. The second-order valence-electron chi connectivity index (χ2n) is 8.53. The van der Waals surface area contributed by atoms with Crippen molar-refractivity contribution in [2.24, 2.45) is 0 Å². The predicted molar refractivity (Wildman–Crippen MR) is 128 cm³/mol. The first-order chi connectivity index (χ1) is 15.6. The van der Waals surface area contributed by atoms with Gasteiger partial charge in [0.15, 0.2) is 0 Å². The molecule has 190 valence electrons. The van der Waals surface area contributed by atoms with Crippen LogP contribution in [0.4, 0.5) is 8.78 Å². The van der Waals surface area contributed by atoms with Crippen molar-refractivity contribution < 1.29 is 27.8 Å². The minimum Gasteiger partial charge on any atom is -0.466 e. The lowest BCUT2D eigenvalue weighted by Gasteiger charge is -2.39. The summed E-state index contributed by atoms with van der Waals surface area (Å²) < 4.78 is 38.7. The van der Waals surface area contributed by atoms with E-state index in [2.05, 4.69) is 0 Å². The van der Waals surface area contributed by atoms with Crippen LogP contribution in [0.3, 0.4) is 0 Å². The van der Waals surface area contributed by atoms with Gasteiger partial charge in [0.25, 0.3) is 6.47 Å². The van der Waals surface area contributed by atoms with E-state index >= 15 is 0 Å². The third-order valence-electron chi connectivity index (χ3n) is 5.65. The highest BCUT2D eigenvalue weighted by atomic mass is 19.1. The molecule has 1 aliphatic heterocycles. The second-order valence-corrected chi connectivity index (χ2v) is 8.53. The maximum atomic E-state index is 14.3. The Morgan fingerprint density at radius 1 is 1.03 bits per heavy atom. The Morgan fingerprint density at radius 3 is 2.03 bits per heavy atom. The molecule has 1 aliphatic rings. The number of esters is 1. The van der Waals surface area contributed by atoms with Gasteiger partial charge in [-0.25, -0.2) is 13.6 Å². The van der Waals surface area contributed by atoms with Crippen LogP contribution in [0.25, 0.3) is 0 Å². The molecule has 1 aromatic carbocycles. The van der Waals surface area contributed by atoms with Gasteiger partial charge in [-0.3, -0.25) is 4.79 Å². The summed E-state index contributed by atoms with van der Waals surface area (Å²) >= 11 is 0. The molecule has 7 nitrogen and oxygen atoms in total. The van der Waals surface area contributed by atoms with Crippen molar-refractivity contribution in [3.8, 4) is 0 Å². The number of halogens is 2. The van der Waals surface area contributed by atoms with Crippen LogP contribution in [0.15, 0.2) is 40.7 Å². The molecule has 1 unspecified atom stereocenters. The Morgan fingerprint density at radius 2 is 1.56 bits per heavy atom. The van der Waals surface area contributed by atoms with Crippen molar-refractivity contribution >= 4 is 12.4 Å². The standard InChI is InChI=1S/C24H33F2N3O4.CH4/c1-27(2)9-7-20-19(14-33-15-30)22(16-11-17(25)13-18(26)12-16)23(24(31)32-6)21(29(20)5)8-10-28(3)4;/h11-13,15,22H,7-10,14H2,1-6H3;1H4. The van der Waals surface area contributed by atoms with Gasteiger partial charge < -0.3 is 24.2 Å². The number of ether oxygens (including phenoxy) is 2. The number of hydrogen-bond donors (Lipinski definition) is 0. The van der Waals surface area contributed by atoms with E-state index in [-0.39, 0.29) is 25.2 Å². The van der Waals surface area contributed by atoms with E-state index in [0.29, 0.717) is 43.7 Å². The van der Waals surface area contributed by atoms with E-state index in [4.69, 9.17) is 9.47 Å². The first kappa shape index (κ1) is 29.3. The normalized spacial score (nSPS) is 16.2. The number of methoxy groups -OCH3 is 1. The molecule has 1 heterocycles. The van der Waals surface area contributed by atoms with Gasteiger partial charge >= 0.3 is 5.97 Å². The molecule has 0 aromatic heterocycles. The lowest BCUT2D eigenvalue weighted by molar-refractivity contribution is -0.136. The maximum Gasteiger partial charge on any atom is 0.336 e. The molecule has 0 amide bonds. The van der Waals surface area contributed by atoms with E-state index in [9.17, 15) is 18.4 Å². The summed E-state index contributed by atoms with van der Waals surface area (Å²) in [7, 11) is 10.8. The zero-order chi connectivity index (χ0) is 24.7. The lowest BCUT2D eigenvalue weighted by atomic mass is 9.78. The second kappa shape index (κ2) is 13.2. The summed E-state index contributed by atoms with van der Waals surface area (Å²) in [6, 6.07) is 3.19. The van der Waals surface area contributed by atoms with Crippen LogP contribution < -0.4 is 0 Å². The lowest BCUT2D eigenvalue weighted by Crippen LogP contribution is -2.35.